The third kappa shape index (κ3) is 10.1. The van der Waals surface area contributed by atoms with E-state index in [-0.39, 0.29) is 0 Å². The van der Waals surface area contributed by atoms with Gasteiger partial charge in [0.25, 0.3) is 0 Å². The molecule has 44 heavy (non-hydrogen) atoms. The maximum atomic E-state index is 5.72. The minimum absolute atomic E-state index is 0.354. The summed E-state index contributed by atoms with van der Waals surface area (Å²) in [4.78, 5) is 0. The molecule has 3 rings (SSSR count). The Morgan fingerprint density at radius 1 is 0.455 bits per heavy atom. The summed E-state index contributed by atoms with van der Waals surface area (Å²) in [5.74, 6) is 5.32. The first-order valence-corrected chi connectivity index (χ1v) is 21.1. The zero-order chi connectivity index (χ0) is 31.8. The van der Waals surface area contributed by atoms with E-state index in [1.165, 1.54) is 72.2 Å². The van der Waals surface area contributed by atoms with E-state index < -0.39 is 28.6 Å². The molecular weight excluding hydrogens is 601 g/mol. The highest BCUT2D eigenvalue weighted by Crippen LogP contribution is 2.36. The fourth-order valence-corrected chi connectivity index (χ4v) is 11.6. The Morgan fingerprint density at radius 2 is 0.750 bits per heavy atom. The molecule has 0 aliphatic rings. The minimum atomic E-state index is -0.438. The number of ether oxygens (including phenoxy) is 6. The van der Waals surface area contributed by atoms with Gasteiger partial charge >= 0.3 is 0 Å². The Labute approximate surface area is 272 Å². The first-order chi connectivity index (χ1) is 21.4. The predicted octanol–water partition coefficient (Wildman–Crippen LogP) is 4.12. The molecule has 9 heteroatoms. The van der Waals surface area contributed by atoms with Crippen LogP contribution < -0.4 is 44.0 Å². The highest BCUT2D eigenvalue weighted by molar-refractivity contribution is 6.55. The lowest BCUT2D eigenvalue weighted by Crippen LogP contribution is -2.22. The number of methoxy groups -OCH3 is 6. The lowest BCUT2D eigenvalue weighted by atomic mass is 9.77. The predicted molar refractivity (Wildman–Crippen MR) is 193 cm³/mol. The fourth-order valence-electron chi connectivity index (χ4n) is 6.43. The second kappa shape index (κ2) is 18.8. The number of benzene rings is 3. The fraction of sp³-hybridized carbons (Fsp3) is 0.486. The lowest BCUT2D eigenvalue weighted by molar-refractivity contribution is 0.242. The minimum Gasteiger partial charge on any atom is -0.493 e. The molecule has 0 aliphatic carbocycles. The molecular formula is C35H54O6Si3. The highest BCUT2D eigenvalue weighted by Gasteiger charge is 2.24. The maximum Gasteiger partial charge on any atom is 0.160 e. The van der Waals surface area contributed by atoms with Gasteiger partial charge < -0.3 is 28.4 Å². The van der Waals surface area contributed by atoms with Gasteiger partial charge in [-0.3, -0.25) is 0 Å². The van der Waals surface area contributed by atoms with Gasteiger partial charge in [-0.05, 0) is 58.4 Å². The summed E-state index contributed by atoms with van der Waals surface area (Å²) < 4.78 is 33.8. The van der Waals surface area contributed by atoms with E-state index in [1.807, 2.05) is 18.2 Å². The van der Waals surface area contributed by atoms with Crippen LogP contribution in [-0.2, 0) is 0 Å². The molecule has 0 saturated carbocycles. The zero-order valence-corrected chi connectivity index (χ0v) is 32.4. The Bertz CT molecular complexity index is 1130. The molecule has 0 bridgehead atoms. The van der Waals surface area contributed by atoms with Gasteiger partial charge in [-0.1, -0.05) is 80.7 Å². The topological polar surface area (TPSA) is 55.4 Å². The Hall–Kier alpha value is -2.89. The van der Waals surface area contributed by atoms with Crippen LogP contribution in [0.15, 0.2) is 54.6 Å². The van der Waals surface area contributed by atoms with Crippen LogP contribution in [0.3, 0.4) is 0 Å². The van der Waals surface area contributed by atoms with Crippen LogP contribution in [0.25, 0.3) is 0 Å². The van der Waals surface area contributed by atoms with E-state index in [2.05, 4.69) is 43.3 Å². The van der Waals surface area contributed by atoms with Crippen LogP contribution in [-0.4, -0.2) is 71.2 Å². The number of hydrogen-bond acceptors (Lipinski definition) is 6. The molecule has 0 atom stereocenters. The van der Waals surface area contributed by atoms with Crippen molar-refractivity contribution in [3.63, 3.8) is 0 Å². The summed E-state index contributed by atoms with van der Waals surface area (Å²) in [6, 6.07) is 22.8. The van der Waals surface area contributed by atoms with E-state index in [0.717, 1.165) is 34.5 Å². The van der Waals surface area contributed by atoms with Gasteiger partial charge in [-0.25, -0.2) is 0 Å². The zero-order valence-electron chi connectivity index (χ0n) is 28.1. The van der Waals surface area contributed by atoms with Gasteiger partial charge in [0.15, 0.2) is 34.5 Å². The van der Waals surface area contributed by atoms with E-state index >= 15 is 0 Å². The second-order valence-electron chi connectivity index (χ2n) is 11.9. The molecule has 3 aromatic rings. The smallest absolute Gasteiger partial charge is 0.160 e. The van der Waals surface area contributed by atoms with Gasteiger partial charge in [-0.2, -0.15) is 0 Å². The van der Waals surface area contributed by atoms with Crippen molar-refractivity contribution in [2.75, 3.05) is 42.7 Å². The molecule has 0 aliphatic heterocycles. The maximum absolute atomic E-state index is 5.72. The van der Waals surface area contributed by atoms with Gasteiger partial charge in [0.1, 0.15) is 0 Å². The van der Waals surface area contributed by atoms with Crippen molar-refractivity contribution in [1.29, 1.82) is 0 Å². The normalized spacial score (nSPS) is 13.2. The molecule has 3 aromatic carbocycles. The van der Waals surface area contributed by atoms with Crippen LogP contribution in [0.2, 0.25) is 18.1 Å². The second-order valence-corrected chi connectivity index (χ2v) is 17.8. The Kier molecular flexibility index (Phi) is 15.2. The number of para-hydroxylation sites is 3. The van der Waals surface area contributed by atoms with Crippen molar-refractivity contribution in [2.24, 2.45) is 5.41 Å². The van der Waals surface area contributed by atoms with Crippen LogP contribution in [0, 0.1) is 5.41 Å². The third-order valence-corrected chi connectivity index (χ3v) is 14.7. The molecule has 0 spiro atoms. The molecule has 0 heterocycles. The number of rotatable bonds is 21. The first kappa shape index (κ1) is 35.6. The third-order valence-electron chi connectivity index (χ3n) is 8.88. The monoisotopic (exact) mass is 654 g/mol. The van der Waals surface area contributed by atoms with E-state index in [4.69, 9.17) is 28.4 Å². The van der Waals surface area contributed by atoms with Gasteiger partial charge in [0.05, 0.1) is 71.2 Å². The molecule has 0 fully saturated rings. The molecule has 6 nitrogen and oxygen atoms in total. The first-order valence-electron chi connectivity index (χ1n) is 16.0. The van der Waals surface area contributed by atoms with Crippen molar-refractivity contribution in [3.8, 4) is 34.5 Å². The summed E-state index contributed by atoms with van der Waals surface area (Å²) in [5.41, 5.74) is 0.354. The molecule has 242 valence electrons. The molecule has 0 radical (unpaired) electrons. The molecule has 0 amide bonds. The van der Waals surface area contributed by atoms with Crippen molar-refractivity contribution in [1.82, 2.24) is 0 Å². The van der Waals surface area contributed by atoms with Crippen molar-refractivity contribution >= 4 is 44.1 Å². The van der Waals surface area contributed by atoms with E-state index in [0.29, 0.717) is 5.41 Å². The quantitative estimate of drug-likeness (QED) is 0.127. The molecule has 0 saturated heterocycles. The molecule has 0 aromatic heterocycles. The molecule has 0 unspecified atom stereocenters. The average Bonchev–Trinajstić information content (AvgIpc) is 3.06. The van der Waals surface area contributed by atoms with Crippen LogP contribution in [0.5, 0.6) is 34.5 Å². The summed E-state index contributed by atoms with van der Waals surface area (Å²) in [5, 5.41) is 4.10. The van der Waals surface area contributed by atoms with E-state index in [1.54, 1.807) is 42.7 Å². The van der Waals surface area contributed by atoms with Crippen LogP contribution in [0.4, 0.5) is 0 Å². The van der Waals surface area contributed by atoms with Gasteiger partial charge in [0.2, 0.25) is 0 Å². The Balaban J connectivity index is 1.60. The summed E-state index contributed by atoms with van der Waals surface area (Å²) >= 11 is 0. The lowest BCUT2D eigenvalue weighted by Gasteiger charge is -2.30. The molecule has 0 N–H and O–H groups in total. The SMILES string of the molecule is COc1cccc([SiH2]CCCC(C)(CCC[SiH2]c2cccc(OC)c2OC)CCC[SiH2]c2cccc(OC)c2OC)c1OC. The number of hydrogen-bond donors (Lipinski definition) is 0. The largest absolute Gasteiger partial charge is 0.493 e. The average molecular weight is 655 g/mol. The van der Waals surface area contributed by atoms with Crippen molar-refractivity contribution in [3.05, 3.63) is 54.6 Å². The van der Waals surface area contributed by atoms with Crippen molar-refractivity contribution in [2.45, 2.75) is 63.6 Å². The van der Waals surface area contributed by atoms with Crippen molar-refractivity contribution < 1.29 is 28.4 Å². The van der Waals surface area contributed by atoms with Gasteiger partial charge in [-0.15, -0.1) is 0 Å². The summed E-state index contributed by atoms with van der Waals surface area (Å²) in [6.45, 7) is 2.54. The summed E-state index contributed by atoms with van der Waals surface area (Å²) in [7, 11) is 9.09. The van der Waals surface area contributed by atoms with E-state index in [9.17, 15) is 0 Å². The van der Waals surface area contributed by atoms with Crippen LogP contribution >= 0.6 is 0 Å². The van der Waals surface area contributed by atoms with Gasteiger partial charge in [0, 0.05) is 0 Å². The van der Waals surface area contributed by atoms with Crippen LogP contribution in [0.1, 0.15) is 45.4 Å². The summed E-state index contributed by atoms with van der Waals surface area (Å²) in [6.07, 6.45) is 7.64. The standard InChI is InChI=1S/C35H54O6Si3/c1-35(20-11-23-42-29-17-8-14-26(36-2)32(29)39-5,21-12-24-43-30-18-9-15-27(37-3)33(30)40-6)22-13-25-44-31-19-10-16-28(38-4)34(31)41-7/h8-10,14-19H,11-13,20-25,42-44H2,1-7H3. The highest BCUT2D eigenvalue weighted by atomic mass is 28.2. The Morgan fingerprint density at radius 3 is 1.00 bits per heavy atom.